The van der Waals surface area contributed by atoms with Crippen LogP contribution in [0.15, 0.2) is 54.9 Å². The largest absolute Gasteiger partial charge is 0.487 e. The number of fused-ring (bicyclic) bond motifs is 1. The Kier molecular flexibility index (Phi) is 6.82. The minimum absolute atomic E-state index is 0. The zero-order chi connectivity index (χ0) is 18.6. The number of carbonyl (C=O) groups is 1. The number of anilines is 1. The highest BCUT2D eigenvalue weighted by Crippen LogP contribution is 2.20. The molecule has 1 atom stereocenters. The lowest BCUT2D eigenvalue weighted by atomic mass is 9.96. The number of imidazole rings is 1. The molecule has 3 N–H and O–H groups in total. The average molecular weight is 389 g/mol. The molecule has 1 amide bonds. The van der Waals surface area contributed by atoms with Gasteiger partial charge in [0.05, 0.1) is 11.2 Å². The Balaban J connectivity index is 0.00000261. The lowest BCUT2D eigenvalue weighted by Crippen LogP contribution is -2.48. The van der Waals surface area contributed by atoms with Crippen molar-refractivity contribution in [2.75, 3.05) is 5.32 Å². The topological polar surface area (TPSA) is 81.7 Å². The molecule has 3 aromatic rings. The van der Waals surface area contributed by atoms with Crippen LogP contribution in [0.25, 0.3) is 5.65 Å². The molecule has 2 aromatic heterocycles. The molecular weight excluding hydrogens is 364 g/mol. The normalized spacial score (nSPS) is 12.9. The number of rotatable bonds is 7. The van der Waals surface area contributed by atoms with Crippen molar-refractivity contribution in [1.82, 2.24) is 9.38 Å². The molecule has 0 fully saturated rings. The van der Waals surface area contributed by atoms with E-state index in [-0.39, 0.29) is 18.3 Å². The summed E-state index contributed by atoms with van der Waals surface area (Å²) < 4.78 is 7.77. The fourth-order valence-electron chi connectivity index (χ4n) is 2.78. The van der Waals surface area contributed by atoms with Crippen LogP contribution in [0.5, 0.6) is 5.75 Å². The molecule has 0 saturated carbocycles. The molecule has 0 aliphatic heterocycles. The number of hydrogen-bond donors (Lipinski definition) is 2. The number of nitrogens with two attached hydrogens (primary N) is 1. The highest BCUT2D eigenvalue weighted by Gasteiger charge is 2.27. The molecule has 0 saturated heterocycles. The van der Waals surface area contributed by atoms with Gasteiger partial charge < -0.3 is 20.2 Å². The molecule has 27 heavy (non-hydrogen) atoms. The van der Waals surface area contributed by atoms with E-state index in [2.05, 4.69) is 10.3 Å². The van der Waals surface area contributed by atoms with E-state index in [4.69, 9.17) is 10.5 Å². The number of carbonyl (C=O) groups excluding carboxylic acids is 1. The van der Waals surface area contributed by atoms with Gasteiger partial charge in [-0.05, 0) is 37.6 Å². The molecule has 1 aromatic carbocycles. The Morgan fingerprint density at radius 2 is 2.11 bits per heavy atom. The summed E-state index contributed by atoms with van der Waals surface area (Å²) in [5, 5.41) is 2.86. The van der Waals surface area contributed by atoms with Gasteiger partial charge in [0.15, 0.2) is 0 Å². The summed E-state index contributed by atoms with van der Waals surface area (Å²) in [7, 11) is 0. The van der Waals surface area contributed by atoms with Crippen LogP contribution in [0.4, 0.5) is 5.69 Å². The van der Waals surface area contributed by atoms with Gasteiger partial charge in [-0.3, -0.25) is 4.79 Å². The first-order valence-electron chi connectivity index (χ1n) is 8.74. The van der Waals surface area contributed by atoms with E-state index < -0.39 is 5.54 Å². The van der Waals surface area contributed by atoms with E-state index in [1.807, 2.05) is 60.1 Å². The number of benzene rings is 1. The molecule has 2 heterocycles. The van der Waals surface area contributed by atoms with Crippen molar-refractivity contribution in [2.45, 2.75) is 38.8 Å². The number of hydrogen-bond acceptors (Lipinski definition) is 4. The summed E-state index contributed by atoms with van der Waals surface area (Å²) in [6.45, 7) is 4.10. The van der Waals surface area contributed by atoms with Gasteiger partial charge in [-0.15, -0.1) is 12.4 Å². The fraction of sp³-hybridized carbons (Fsp3) is 0.300. The number of aromatic nitrogens is 2. The Morgan fingerprint density at radius 1 is 1.30 bits per heavy atom. The van der Waals surface area contributed by atoms with Gasteiger partial charge in [0.1, 0.15) is 18.0 Å². The van der Waals surface area contributed by atoms with Gasteiger partial charge in [-0.2, -0.15) is 0 Å². The molecule has 0 bridgehead atoms. The van der Waals surface area contributed by atoms with Crippen LogP contribution in [-0.2, 0) is 11.4 Å². The van der Waals surface area contributed by atoms with E-state index >= 15 is 0 Å². The molecule has 7 heteroatoms. The molecule has 1 unspecified atom stereocenters. The minimum atomic E-state index is -0.887. The Labute approximate surface area is 165 Å². The SMILES string of the molecule is CCCC(C)(N)C(=O)Nc1cccc(OCc2cn3ccccc3n2)c1.Cl. The van der Waals surface area contributed by atoms with E-state index in [1.165, 1.54) is 0 Å². The van der Waals surface area contributed by atoms with Gasteiger partial charge in [0, 0.05) is 24.1 Å². The van der Waals surface area contributed by atoms with Crippen LogP contribution >= 0.6 is 12.4 Å². The number of halogens is 1. The third-order valence-corrected chi connectivity index (χ3v) is 4.18. The number of nitrogens with zero attached hydrogens (tertiary/aromatic N) is 2. The number of ether oxygens (including phenoxy) is 1. The predicted molar refractivity (Wildman–Crippen MR) is 109 cm³/mol. The van der Waals surface area contributed by atoms with Crippen molar-refractivity contribution < 1.29 is 9.53 Å². The first-order valence-corrected chi connectivity index (χ1v) is 8.74. The van der Waals surface area contributed by atoms with Crippen LogP contribution in [0, 0.1) is 0 Å². The van der Waals surface area contributed by atoms with Crippen LogP contribution < -0.4 is 15.8 Å². The summed E-state index contributed by atoms with van der Waals surface area (Å²) in [6.07, 6.45) is 5.36. The van der Waals surface area contributed by atoms with E-state index in [0.29, 0.717) is 24.5 Å². The third-order valence-electron chi connectivity index (χ3n) is 4.18. The summed E-state index contributed by atoms with van der Waals surface area (Å²) in [4.78, 5) is 16.8. The molecular formula is C20H25ClN4O2. The van der Waals surface area contributed by atoms with Crippen molar-refractivity contribution in [3.63, 3.8) is 0 Å². The van der Waals surface area contributed by atoms with Gasteiger partial charge >= 0.3 is 0 Å². The zero-order valence-corrected chi connectivity index (χ0v) is 16.3. The lowest BCUT2D eigenvalue weighted by molar-refractivity contribution is -0.120. The van der Waals surface area contributed by atoms with Crippen LogP contribution in [0.3, 0.4) is 0 Å². The number of nitrogens with one attached hydrogen (secondary N) is 1. The first kappa shape index (κ1) is 20.7. The van der Waals surface area contributed by atoms with Gasteiger partial charge in [-0.1, -0.05) is 25.5 Å². The van der Waals surface area contributed by atoms with Gasteiger partial charge in [-0.25, -0.2) is 4.98 Å². The second-order valence-corrected chi connectivity index (χ2v) is 6.64. The molecule has 6 nitrogen and oxygen atoms in total. The zero-order valence-electron chi connectivity index (χ0n) is 15.5. The lowest BCUT2D eigenvalue weighted by Gasteiger charge is -2.23. The van der Waals surface area contributed by atoms with Crippen LogP contribution in [0.2, 0.25) is 0 Å². The molecule has 0 radical (unpaired) electrons. The molecule has 144 valence electrons. The molecule has 0 spiro atoms. The second-order valence-electron chi connectivity index (χ2n) is 6.64. The number of pyridine rings is 1. The van der Waals surface area contributed by atoms with Crippen molar-refractivity contribution in [3.05, 3.63) is 60.6 Å². The average Bonchev–Trinajstić information content (AvgIpc) is 3.03. The smallest absolute Gasteiger partial charge is 0.244 e. The van der Waals surface area contributed by atoms with E-state index in [0.717, 1.165) is 17.8 Å². The standard InChI is InChI=1S/C20H24N4O2.ClH/c1-3-10-20(2,21)19(25)23-15-7-6-8-17(12-15)26-14-16-13-24-11-5-4-9-18(24)22-16;/h4-9,11-13H,3,10,14,21H2,1-2H3,(H,23,25);1H. The first-order chi connectivity index (χ1) is 12.5. The maximum atomic E-state index is 12.3. The summed E-state index contributed by atoms with van der Waals surface area (Å²) >= 11 is 0. The second kappa shape index (κ2) is 8.88. The summed E-state index contributed by atoms with van der Waals surface area (Å²) in [5.74, 6) is 0.464. The van der Waals surface area contributed by atoms with Crippen molar-refractivity contribution in [1.29, 1.82) is 0 Å². The predicted octanol–water partition coefficient (Wildman–Crippen LogP) is 3.79. The summed E-state index contributed by atoms with van der Waals surface area (Å²) in [6, 6.07) is 13.1. The summed E-state index contributed by atoms with van der Waals surface area (Å²) in [5.41, 5.74) is 7.57. The monoisotopic (exact) mass is 388 g/mol. The Hall–Kier alpha value is -2.57. The number of amides is 1. The highest BCUT2D eigenvalue weighted by molar-refractivity contribution is 5.97. The Morgan fingerprint density at radius 3 is 2.85 bits per heavy atom. The van der Waals surface area contributed by atoms with Gasteiger partial charge in [0.25, 0.3) is 0 Å². The maximum absolute atomic E-state index is 12.3. The van der Waals surface area contributed by atoms with Crippen molar-refractivity contribution in [2.24, 2.45) is 5.73 Å². The third kappa shape index (κ3) is 5.21. The van der Waals surface area contributed by atoms with Gasteiger partial charge in [0.2, 0.25) is 5.91 Å². The van der Waals surface area contributed by atoms with Crippen LogP contribution in [-0.4, -0.2) is 20.8 Å². The highest BCUT2D eigenvalue weighted by atomic mass is 35.5. The molecule has 0 aliphatic carbocycles. The van der Waals surface area contributed by atoms with E-state index in [1.54, 1.807) is 13.0 Å². The van der Waals surface area contributed by atoms with Crippen LogP contribution in [0.1, 0.15) is 32.4 Å². The fourth-order valence-corrected chi connectivity index (χ4v) is 2.78. The van der Waals surface area contributed by atoms with E-state index in [9.17, 15) is 4.79 Å². The molecule has 3 rings (SSSR count). The molecule has 0 aliphatic rings. The van der Waals surface area contributed by atoms with Crippen molar-refractivity contribution >= 4 is 29.6 Å². The maximum Gasteiger partial charge on any atom is 0.244 e. The quantitative estimate of drug-likeness (QED) is 0.645. The Bertz CT molecular complexity index is 875. The van der Waals surface area contributed by atoms with Crippen molar-refractivity contribution in [3.8, 4) is 5.75 Å². The minimum Gasteiger partial charge on any atom is -0.487 e.